The molecule has 1 aliphatic rings. The Morgan fingerprint density at radius 1 is 1.22 bits per heavy atom. The number of aromatic nitrogens is 3. The maximum absolute atomic E-state index is 5.80. The Morgan fingerprint density at radius 2 is 2.11 bits per heavy atom. The summed E-state index contributed by atoms with van der Waals surface area (Å²) in [7, 11) is 0. The van der Waals surface area contributed by atoms with E-state index in [1.54, 1.807) is 6.20 Å². The highest BCUT2D eigenvalue weighted by Crippen LogP contribution is 2.25. The van der Waals surface area contributed by atoms with Crippen molar-refractivity contribution in [3.05, 3.63) is 42.9 Å². The number of anilines is 1. The summed E-state index contributed by atoms with van der Waals surface area (Å²) in [5.74, 6) is 1.71. The van der Waals surface area contributed by atoms with Crippen LogP contribution in [-0.2, 0) is 4.74 Å². The molecule has 0 bridgehead atoms. The van der Waals surface area contributed by atoms with Crippen LogP contribution in [0.3, 0.4) is 0 Å². The zero-order chi connectivity index (χ0) is 18.5. The van der Waals surface area contributed by atoms with Crippen LogP contribution in [0.4, 0.5) is 5.82 Å². The zero-order valence-corrected chi connectivity index (χ0v) is 15.7. The van der Waals surface area contributed by atoms with E-state index in [1.807, 2.05) is 19.1 Å². The fourth-order valence-corrected chi connectivity index (χ4v) is 3.52. The lowest BCUT2D eigenvalue weighted by Gasteiger charge is -2.22. The van der Waals surface area contributed by atoms with Crippen molar-refractivity contribution in [1.82, 2.24) is 14.8 Å². The number of nitrogens with one attached hydrogen (secondary N) is 1. The summed E-state index contributed by atoms with van der Waals surface area (Å²) in [6.45, 7) is 4.39. The van der Waals surface area contributed by atoms with Gasteiger partial charge >= 0.3 is 0 Å². The molecule has 2 aromatic heterocycles. The van der Waals surface area contributed by atoms with Gasteiger partial charge in [-0.2, -0.15) is 5.10 Å². The van der Waals surface area contributed by atoms with Crippen LogP contribution in [0.2, 0.25) is 0 Å². The minimum atomic E-state index is 0.367. The molecule has 0 amide bonds. The van der Waals surface area contributed by atoms with Gasteiger partial charge in [0.15, 0.2) is 5.82 Å². The minimum Gasteiger partial charge on any atom is -0.494 e. The number of rotatable bonds is 7. The van der Waals surface area contributed by atoms with Crippen LogP contribution < -0.4 is 10.1 Å². The van der Waals surface area contributed by atoms with Gasteiger partial charge in [0.25, 0.3) is 0 Å². The molecule has 142 valence electrons. The van der Waals surface area contributed by atoms with Crippen molar-refractivity contribution in [1.29, 1.82) is 0 Å². The molecule has 0 radical (unpaired) electrons. The van der Waals surface area contributed by atoms with Gasteiger partial charge < -0.3 is 19.4 Å². The maximum atomic E-state index is 5.80. The quantitative estimate of drug-likeness (QED) is 0.679. The molecule has 0 spiro atoms. The molecule has 1 atom stereocenters. The van der Waals surface area contributed by atoms with Crippen LogP contribution >= 0.6 is 0 Å². The van der Waals surface area contributed by atoms with Gasteiger partial charge in [-0.25, -0.2) is 0 Å². The fraction of sp³-hybridized carbons (Fsp3) is 0.429. The van der Waals surface area contributed by atoms with Gasteiger partial charge in [0, 0.05) is 42.0 Å². The molecule has 3 heterocycles. The van der Waals surface area contributed by atoms with E-state index in [2.05, 4.69) is 44.6 Å². The van der Waals surface area contributed by atoms with E-state index in [0.717, 1.165) is 54.0 Å². The van der Waals surface area contributed by atoms with E-state index in [-0.39, 0.29) is 0 Å². The third kappa shape index (κ3) is 4.22. The van der Waals surface area contributed by atoms with E-state index in [9.17, 15) is 0 Å². The molecular formula is C21H26N4O2. The SMILES string of the molecule is CCOc1ccc(-n2cc3cnnc(NCCC4CCCCO4)c3c2)cc1. The number of nitrogens with zero attached hydrogens (tertiary/aromatic N) is 3. The molecule has 1 aliphatic heterocycles. The zero-order valence-electron chi connectivity index (χ0n) is 15.7. The Kier molecular flexibility index (Phi) is 5.53. The summed E-state index contributed by atoms with van der Waals surface area (Å²) in [6, 6.07) is 8.09. The lowest BCUT2D eigenvalue weighted by molar-refractivity contribution is 0.0134. The van der Waals surface area contributed by atoms with Gasteiger partial charge in [-0.15, -0.1) is 5.10 Å². The number of ether oxygens (including phenoxy) is 2. The highest BCUT2D eigenvalue weighted by molar-refractivity contribution is 5.91. The summed E-state index contributed by atoms with van der Waals surface area (Å²) in [6.07, 6.45) is 11.0. The lowest BCUT2D eigenvalue weighted by Crippen LogP contribution is -2.22. The summed E-state index contributed by atoms with van der Waals surface area (Å²) in [5, 5.41) is 14.0. The molecule has 1 saturated heterocycles. The van der Waals surface area contributed by atoms with Crippen LogP contribution in [-0.4, -0.2) is 40.6 Å². The Hall–Kier alpha value is -2.60. The van der Waals surface area contributed by atoms with E-state index < -0.39 is 0 Å². The molecule has 0 saturated carbocycles. The standard InChI is InChI=1S/C21H26N4O2/c1-2-26-19-8-6-17(7-9-19)25-14-16-13-23-24-21(20(16)15-25)22-11-10-18-5-3-4-12-27-18/h6-9,13-15,18H,2-5,10-12H2,1H3,(H,22,24). The van der Waals surface area contributed by atoms with Crippen molar-refractivity contribution in [3.63, 3.8) is 0 Å². The molecule has 1 N–H and O–H groups in total. The molecule has 4 rings (SSSR count). The number of fused-ring (bicyclic) bond motifs is 1. The van der Waals surface area contributed by atoms with E-state index in [1.165, 1.54) is 12.8 Å². The molecule has 1 aromatic carbocycles. The summed E-state index contributed by atoms with van der Waals surface area (Å²) in [4.78, 5) is 0. The van der Waals surface area contributed by atoms with Crippen molar-refractivity contribution >= 4 is 16.6 Å². The second-order valence-electron chi connectivity index (χ2n) is 6.86. The third-order valence-electron chi connectivity index (χ3n) is 4.95. The summed E-state index contributed by atoms with van der Waals surface area (Å²) < 4.78 is 13.4. The van der Waals surface area contributed by atoms with Crippen LogP contribution in [0.5, 0.6) is 5.75 Å². The molecule has 3 aromatic rings. The topological polar surface area (TPSA) is 61.2 Å². The Balaban J connectivity index is 1.47. The highest BCUT2D eigenvalue weighted by Gasteiger charge is 2.14. The lowest BCUT2D eigenvalue weighted by atomic mass is 10.1. The van der Waals surface area contributed by atoms with Gasteiger partial charge in [0.1, 0.15) is 5.75 Å². The first-order valence-electron chi connectivity index (χ1n) is 9.75. The third-order valence-corrected chi connectivity index (χ3v) is 4.95. The van der Waals surface area contributed by atoms with Crippen molar-refractivity contribution in [3.8, 4) is 11.4 Å². The molecule has 1 unspecified atom stereocenters. The molecule has 27 heavy (non-hydrogen) atoms. The Labute approximate surface area is 159 Å². The van der Waals surface area contributed by atoms with Crippen molar-refractivity contribution < 1.29 is 9.47 Å². The first kappa shape index (κ1) is 17.8. The maximum Gasteiger partial charge on any atom is 0.158 e. The average Bonchev–Trinajstić information content (AvgIpc) is 3.15. The van der Waals surface area contributed by atoms with E-state index >= 15 is 0 Å². The van der Waals surface area contributed by atoms with Gasteiger partial charge in [0.05, 0.1) is 18.9 Å². The predicted molar refractivity (Wildman–Crippen MR) is 107 cm³/mol. The minimum absolute atomic E-state index is 0.367. The van der Waals surface area contributed by atoms with Crippen LogP contribution in [0.1, 0.15) is 32.6 Å². The van der Waals surface area contributed by atoms with Crippen LogP contribution in [0.25, 0.3) is 16.5 Å². The van der Waals surface area contributed by atoms with Crippen molar-refractivity contribution in [2.75, 3.05) is 25.1 Å². The predicted octanol–water partition coefficient (Wildman–Crippen LogP) is 4.19. The first-order valence-corrected chi connectivity index (χ1v) is 9.75. The van der Waals surface area contributed by atoms with Crippen molar-refractivity contribution in [2.24, 2.45) is 0 Å². The second kappa shape index (κ2) is 8.39. The summed E-state index contributed by atoms with van der Waals surface area (Å²) >= 11 is 0. The average molecular weight is 366 g/mol. The molecule has 6 heteroatoms. The Morgan fingerprint density at radius 3 is 2.89 bits per heavy atom. The van der Waals surface area contributed by atoms with Gasteiger partial charge in [-0.05, 0) is 56.9 Å². The molecule has 1 fully saturated rings. The van der Waals surface area contributed by atoms with Gasteiger partial charge in [-0.1, -0.05) is 0 Å². The number of hydrogen-bond acceptors (Lipinski definition) is 5. The van der Waals surface area contributed by atoms with Crippen molar-refractivity contribution in [2.45, 2.75) is 38.7 Å². The highest BCUT2D eigenvalue weighted by atomic mass is 16.5. The van der Waals surface area contributed by atoms with E-state index in [4.69, 9.17) is 9.47 Å². The Bertz CT molecular complexity index is 870. The van der Waals surface area contributed by atoms with E-state index in [0.29, 0.717) is 12.7 Å². The first-order chi connectivity index (χ1) is 13.3. The second-order valence-corrected chi connectivity index (χ2v) is 6.86. The smallest absolute Gasteiger partial charge is 0.158 e. The molecule has 0 aliphatic carbocycles. The van der Waals surface area contributed by atoms with Crippen LogP contribution in [0.15, 0.2) is 42.9 Å². The number of hydrogen-bond donors (Lipinski definition) is 1. The van der Waals surface area contributed by atoms with Gasteiger partial charge in [-0.3, -0.25) is 0 Å². The van der Waals surface area contributed by atoms with Crippen LogP contribution in [0, 0.1) is 0 Å². The largest absolute Gasteiger partial charge is 0.494 e. The summed E-state index contributed by atoms with van der Waals surface area (Å²) in [5.41, 5.74) is 1.08. The van der Waals surface area contributed by atoms with Gasteiger partial charge in [0.2, 0.25) is 0 Å². The fourth-order valence-electron chi connectivity index (χ4n) is 3.52. The number of benzene rings is 1. The monoisotopic (exact) mass is 366 g/mol. The molecular weight excluding hydrogens is 340 g/mol. The normalized spacial score (nSPS) is 17.1. The molecule has 6 nitrogen and oxygen atoms in total.